The van der Waals surface area contributed by atoms with E-state index in [1.54, 1.807) is 18.4 Å². The molecule has 2 heterocycles. The molecule has 1 atom stereocenters. The van der Waals surface area contributed by atoms with Crippen molar-refractivity contribution in [3.05, 3.63) is 46.8 Å². The van der Waals surface area contributed by atoms with Crippen LogP contribution in [0.3, 0.4) is 0 Å². The number of hydrogen-bond acceptors (Lipinski definition) is 8. The summed E-state index contributed by atoms with van der Waals surface area (Å²) in [5, 5.41) is 25.9. The normalized spacial score (nSPS) is 11.6. The van der Waals surface area contributed by atoms with Crippen LogP contribution in [0.25, 0.3) is 0 Å². The summed E-state index contributed by atoms with van der Waals surface area (Å²) in [6.07, 6.45) is 0. The predicted octanol–water partition coefficient (Wildman–Crippen LogP) is 4.64. The molecule has 0 aliphatic heterocycles. The molecule has 0 bridgehead atoms. The number of benzene rings is 1. The van der Waals surface area contributed by atoms with E-state index in [-0.39, 0.29) is 11.2 Å². The van der Waals surface area contributed by atoms with Crippen LogP contribution in [-0.2, 0) is 4.79 Å². The summed E-state index contributed by atoms with van der Waals surface area (Å²) in [4.78, 5) is 12.3. The highest BCUT2D eigenvalue weighted by atomic mass is 32.2. The summed E-state index contributed by atoms with van der Waals surface area (Å²) in [5.41, 5.74) is 2.58. The number of aryl methyl sites for hydroxylation is 1. The molecular formula is C17H15N5OS3. The number of carbonyl (C=O) groups is 1. The topological polar surface area (TPSA) is 90.7 Å². The number of thioether (sulfide) groups is 1. The van der Waals surface area contributed by atoms with Crippen LogP contribution in [0.15, 0.2) is 40.1 Å². The van der Waals surface area contributed by atoms with Crippen LogP contribution in [0, 0.1) is 18.3 Å². The van der Waals surface area contributed by atoms with Crippen molar-refractivity contribution < 1.29 is 4.79 Å². The largest absolute Gasteiger partial charge is 0.330 e. The summed E-state index contributed by atoms with van der Waals surface area (Å²) in [6.45, 7) is 3.83. The monoisotopic (exact) mass is 401 g/mol. The predicted molar refractivity (Wildman–Crippen MR) is 107 cm³/mol. The Bertz CT molecular complexity index is 959. The zero-order valence-electron chi connectivity index (χ0n) is 14.0. The number of aromatic nitrogens is 2. The van der Waals surface area contributed by atoms with Crippen LogP contribution in [0.2, 0.25) is 0 Å². The van der Waals surface area contributed by atoms with Crippen LogP contribution < -0.4 is 10.6 Å². The highest BCUT2D eigenvalue weighted by Crippen LogP contribution is 2.31. The van der Waals surface area contributed by atoms with Gasteiger partial charge in [-0.2, -0.15) is 5.26 Å². The zero-order chi connectivity index (χ0) is 18.5. The number of thiophene rings is 1. The summed E-state index contributed by atoms with van der Waals surface area (Å²) < 4.78 is 0.703. The fourth-order valence-electron chi connectivity index (χ4n) is 2.07. The average molecular weight is 402 g/mol. The van der Waals surface area contributed by atoms with Crippen molar-refractivity contribution in [2.24, 2.45) is 0 Å². The van der Waals surface area contributed by atoms with Gasteiger partial charge in [0.2, 0.25) is 11.0 Å². The van der Waals surface area contributed by atoms with Gasteiger partial charge in [-0.05, 0) is 43.0 Å². The molecule has 0 spiro atoms. The molecule has 3 aromatic rings. The molecule has 0 unspecified atom stereocenters. The van der Waals surface area contributed by atoms with E-state index in [1.807, 2.05) is 31.2 Å². The quantitative estimate of drug-likeness (QED) is 0.585. The smallest absolute Gasteiger partial charge is 0.238 e. The molecule has 2 aromatic heterocycles. The van der Waals surface area contributed by atoms with Gasteiger partial charge in [0.15, 0.2) is 4.34 Å². The lowest BCUT2D eigenvalue weighted by Gasteiger charge is -2.08. The lowest BCUT2D eigenvalue weighted by molar-refractivity contribution is -0.115. The third-order valence-electron chi connectivity index (χ3n) is 3.35. The van der Waals surface area contributed by atoms with Gasteiger partial charge in [0, 0.05) is 5.69 Å². The van der Waals surface area contributed by atoms with E-state index in [2.05, 4.69) is 26.9 Å². The summed E-state index contributed by atoms with van der Waals surface area (Å²) in [7, 11) is 0. The van der Waals surface area contributed by atoms with E-state index in [0.29, 0.717) is 20.0 Å². The van der Waals surface area contributed by atoms with Crippen molar-refractivity contribution >= 4 is 56.2 Å². The Morgan fingerprint density at radius 2 is 2.19 bits per heavy atom. The van der Waals surface area contributed by atoms with Gasteiger partial charge >= 0.3 is 0 Å². The fraction of sp³-hybridized carbons (Fsp3) is 0.176. The molecule has 0 saturated heterocycles. The molecule has 1 aromatic carbocycles. The van der Waals surface area contributed by atoms with Gasteiger partial charge in [0.1, 0.15) is 11.1 Å². The van der Waals surface area contributed by atoms with E-state index in [9.17, 15) is 4.79 Å². The molecule has 132 valence electrons. The van der Waals surface area contributed by atoms with E-state index in [4.69, 9.17) is 5.26 Å². The minimum absolute atomic E-state index is 0.169. The molecule has 26 heavy (non-hydrogen) atoms. The number of hydrogen-bond donors (Lipinski definition) is 2. The summed E-state index contributed by atoms with van der Waals surface area (Å²) >= 11 is 4.06. The molecule has 3 rings (SSSR count). The van der Waals surface area contributed by atoms with Crippen molar-refractivity contribution in [2.45, 2.75) is 23.4 Å². The Balaban J connectivity index is 1.59. The second-order valence-corrected chi connectivity index (χ2v) is 8.87. The van der Waals surface area contributed by atoms with Crippen LogP contribution in [0.5, 0.6) is 0 Å². The Morgan fingerprint density at radius 1 is 1.35 bits per heavy atom. The Labute approximate surface area is 163 Å². The average Bonchev–Trinajstić information content (AvgIpc) is 3.24. The van der Waals surface area contributed by atoms with Crippen LogP contribution >= 0.6 is 34.4 Å². The number of carbonyl (C=O) groups excluding carboxylic acids is 1. The van der Waals surface area contributed by atoms with Crippen molar-refractivity contribution in [1.29, 1.82) is 5.26 Å². The van der Waals surface area contributed by atoms with E-state index < -0.39 is 0 Å². The van der Waals surface area contributed by atoms with Crippen LogP contribution in [0.1, 0.15) is 18.1 Å². The number of amides is 1. The Kier molecular flexibility index (Phi) is 5.88. The van der Waals surface area contributed by atoms with Gasteiger partial charge < -0.3 is 10.6 Å². The van der Waals surface area contributed by atoms with Gasteiger partial charge in [-0.3, -0.25) is 4.79 Å². The molecular weight excluding hydrogens is 386 g/mol. The van der Waals surface area contributed by atoms with Crippen molar-refractivity contribution in [3.8, 4) is 6.07 Å². The van der Waals surface area contributed by atoms with Crippen LogP contribution in [-0.4, -0.2) is 21.4 Å². The molecule has 1 amide bonds. The zero-order valence-corrected chi connectivity index (χ0v) is 16.5. The highest BCUT2D eigenvalue weighted by molar-refractivity contribution is 8.02. The van der Waals surface area contributed by atoms with Crippen LogP contribution in [0.4, 0.5) is 15.8 Å². The maximum atomic E-state index is 12.3. The summed E-state index contributed by atoms with van der Waals surface area (Å²) in [6, 6.07) is 11.7. The minimum atomic E-state index is -0.358. The number of nitrogens with zero attached hydrogens (tertiary/aromatic N) is 3. The molecule has 6 nitrogen and oxygen atoms in total. The maximum absolute atomic E-state index is 12.3. The first-order valence-corrected chi connectivity index (χ1v) is 10.2. The van der Waals surface area contributed by atoms with Crippen molar-refractivity contribution in [1.82, 2.24) is 10.2 Å². The standard InChI is InChI=1S/C17H15N5OS3/c1-10-4-3-5-13(8-10)19-16-21-22-17(26-16)25-11(2)14(23)20-15-12(9-18)6-7-24-15/h3-8,11H,1-2H3,(H,19,21)(H,20,23)/t11-/m1/s1. The Morgan fingerprint density at radius 3 is 2.96 bits per heavy atom. The highest BCUT2D eigenvalue weighted by Gasteiger charge is 2.19. The maximum Gasteiger partial charge on any atom is 0.238 e. The first-order valence-electron chi connectivity index (χ1n) is 7.67. The van der Waals surface area contributed by atoms with Gasteiger partial charge in [-0.15, -0.1) is 21.5 Å². The Hall–Kier alpha value is -2.41. The minimum Gasteiger partial charge on any atom is -0.330 e. The van der Waals surface area contributed by atoms with Gasteiger partial charge in [-0.25, -0.2) is 0 Å². The molecule has 9 heteroatoms. The number of nitriles is 1. The fourth-order valence-corrected chi connectivity index (χ4v) is 4.72. The van der Waals surface area contributed by atoms with Gasteiger partial charge in [-0.1, -0.05) is 35.2 Å². The van der Waals surface area contributed by atoms with Crippen molar-refractivity contribution in [2.75, 3.05) is 10.6 Å². The second-order valence-electron chi connectivity index (χ2n) is 5.39. The number of nitrogens with one attached hydrogen (secondary N) is 2. The van der Waals surface area contributed by atoms with E-state index in [0.717, 1.165) is 11.3 Å². The molecule has 0 saturated carbocycles. The molecule has 0 aliphatic rings. The number of anilines is 3. The first kappa shape index (κ1) is 18.4. The second kappa shape index (κ2) is 8.31. The molecule has 0 aliphatic carbocycles. The lowest BCUT2D eigenvalue weighted by Crippen LogP contribution is -2.22. The SMILES string of the molecule is Cc1cccc(Nc2nnc(S[C@H](C)C(=O)Nc3sccc3C#N)s2)c1. The van der Waals surface area contributed by atoms with E-state index >= 15 is 0 Å². The third-order valence-corrected chi connectivity index (χ3v) is 6.20. The first-order chi connectivity index (χ1) is 12.5. The molecule has 0 radical (unpaired) electrons. The third kappa shape index (κ3) is 4.60. The summed E-state index contributed by atoms with van der Waals surface area (Å²) in [5.74, 6) is -0.169. The number of rotatable bonds is 6. The lowest BCUT2D eigenvalue weighted by atomic mass is 10.2. The molecule has 2 N–H and O–H groups in total. The van der Waals surface area contributed by atoms with Crippen molar-refractivity contribution in [3.63, 3.8) is 0 Å². The van der Waals surface area contributed by atoms with Gasteiger partial charge in [0.25, 0.3) is 0 Å². The van der Waals surface area contributed by atoms with E-state index in [1.165, 1.54) is 34.4 Å². The van der Waals surface area contributed by atoms with Gasteiger partial charge in [0.05, 0.1) is 10.8 Å². The molecule has 0 fully saturated rings.